The van der Waals surface area contributed by atoms with Crippen molar-refractivity contribution in [2.75, 3.05) is 68.0 Å². The van der Waals surface area contributed by atoms with E-state index in [1.54, 1.807) is 0 Å². The predicted molar refractivity (Wildman–Crippen MR) is 85.3 cm³/mol. The molecule has 0 amide bonds. The lowest BCUT2D eigenvalue weighted by molar-refractivity contribution is 0.232. The maximum absolute atomic E-state index is 3.53. The normalized spacial score (nSPS) is 12.9. The molecule has 4 nitrogen and oxygen atoms in total. The van der Waals surface area contributed by atoms with E-state index in [0.717, 1.165) is 32.7 Å². The minimum atomic E-state index is 0.320. The summed E-state index contributed by atoms with van der Waals surface area (Å²) in [4.78, 5) is 6.77. The Labute approximate surface area is 121 Å². The molecule has 1 N–H and O–H groups in total. The first-order valence-corrected chi connectivity index (χ1v) is 7.27. The van der Waals surface area contributed by atoms with Crippen molar-refractivity contribution in [3.8, 4) is 0 Å². The SMILES string of the molecule is CN(C)CCCN(C)[CH]CNCC(C)(C)CN(C)C. The monoisotopic (exact) mass is 271 g/mol. The van der Waals surface area contributed by atoms with Crippen molar-refractivity contribution in [2.24, 2.45) is 5.41 Å². The molecule has 0 rings (SSSR count). The van der Waals surface area contributed by atoms with Crippen molar-refractivity contribution in [3.05, 3.63) is 6.54 Å². The van der Waals surface area contributed by atoms with Crippen LogP contribution in [0.25, 0.3) is 0 Å². The molecule has 0 heterocycles. The first-order chi connectivity index (χ1) is 8.73. The highest BCUT2D eigenvalue weighted by Crippen LogP contribution is 2.13. The molecule has 0 bridgehead atoms. The molecule has 0 fully saturated rings. The molecule has 0 aromatic rings. The van der Waals surface area contributed by atoms with Gasteiger partial charge in [0.1, 0.15) is 0 Å². The zero-order chi connectivity index (χ0) is 14.9. The molecule has 0 atom stereocenters. The topological polar surface area (TPSA) is 21.8 Å². The second-order valence-corrected chi connectivity index (χ2v) is 6.85. The molecule has 1 radical (unpaired) electrons. The summed E-state index contributed by atoms with van der Waals surface area (Å²) >= 11 is 0. The molecule has 0 aliphatic carbocycles. The molecule has 115 valence electrons. The Morgan fingerprint density at radius 1 is 0.947 bits per heavy atom. The van der Waals surface area contributed by atoms with Gasteiger partial charge in [0.15, 0.2) is 0 Å². The van der Waals surface area contributed by atoms with Crippen LogP contribution in [0.15, 0.2) is 0 Å². The van der Waals surface area contributed by atoms with E-state index in [-0.39, 0.29) is 0 Å². The van der Waals surface area contributed by atoms with Gasteiger partial charge in [-0.1, -0.05) is 13.8 Å². The van der Waals surface area contributed by atoms with E-state index in [0.29, 0.717) is 5.41 Å². The third kappa shape index (κ3) is 12.6. The lowest BCUT2D eigenvalue weighted by Crippen LogP contribution is -2.39. The molecule has 4 heteroatoms. The molecular weight excluding hydrogens is 236 g/mol. The van der Waals surface area contributed by atoms with Crippen molar-refractivity contribution < 1.29 is 0 Å². The summed E-state index contributed by atoms with van der Waals surface area (Å²) in [7, 11) is 10.7. The number of nitrogens with one attached hydrogen (secondary N) is 1. The number of nitrogens with zero attached hydrogens (tertiary/aromatic N) is 3. The summed E-state index contributed by atoms with van der Waals surface area (Å²) in [5, 5.41) is 3.53. The third-order valence-corrected chi connectivity index (χ3v) is 3.01. The molecule has 0 aromatic carbocycles. The van der Waals surface area contributed by atoms with Crippen molar-refractivity contribution in [1.29, 1.82) is 0 Å². The van der Waals surface area contributed by atoms with Gasteiger partial charge in [0.05, 0.1) is 0 Å². The molecule has 0 unspecified atom stereocenters. The Bertz CT molecular complexity index is 214. The molecular formula is C15H35N4. The molecule has 0 aliphatic rings. The average molecular weight is 271 g/mol. The summed E-state index contributed by atoms with van der Waals surface area (Å²) in [6.45, 7) is 12.3. The fraction of sp³-hybridized carbons (Fsp3) is 0.933. The second kappa shape index (κ2) is 9.70. The quantitative estimate of drug-likeness (QED) is 0.570. The van der Waals surface area contributed by atoms with Crippen LogP contribution in [0.4, 0.5) is 0 Å². The number of likely N-dealkylation sites (N-methyl/N-ethyl adjacent to an activating group) is 1. The Morgan fingerprint density at radius 3 is 2.11 bits per heavy atom. The van der Waals surface area contributed by atoms with E-state index >= 15 is 0 Å². The predicted octanol–water partition coefficient (Wildman–Crippen LogP) is 1.21. The van der Waals surface area contributed by atoms with Gasteiger partial charge in [-0.15, -0.1) is 0 Å². The van der Waals surface area contributed by atoms with Crippen LogP contribution in [-0.4, -0.2) is 82.7 Å². The van der Waals surface area contributed by atoms with Crippen LogP contribution in [0.3, 0.4) is 0 Å². The van der Waals surface area contributed by atoms with Crippen LogP contribution in [0.5, 0.6) is 0 Å². The van der Waals surface area contributed by atoms with Crippen LogP contribution >= 0.6 is 0 Å². The van der Waals surface area contributed by atoms with Gasteiger partial charge in [-0.05, 0) is 60.2 Å². The highest BCUT2D eigenvalue weighted by atomic mass is 15.1. The zero-order valence-electron chi connectivity index (χ0n) is 14.2. The summed E-state index contributed by atoms with van der Waals surface area (Å²) < 4.78 is 0. The second-order valence-electron chi connectivity index (χ2n) is 6.85. The Hall–Kier alpha value is -0.160. The molecule has 0 aliphatic heterocycles. The third-order valence-electron chi connectivity index (χ3n) is 3.01. The van der Waals surface area contributed by atoms with Gasteiger partial charge in [-0.3, -0.25) is 0 Å². The fourth-order valence-electron chi connectivity index (χ4n) is 2.27. The van der Waals surface area contributed by atoms with Crippen molar-refractivity contribution in [2.45, 2.75) is 20.3 Å². The van der Waals surface area contributed by atoms with Gasteiger partial charge in [0.2, 0.25) is 0 Å². The van der Waals surface area contributed by atoms with Crippen LogP contribution < -0.4 is 5.32 Å². The van der Waals surface area contributed by atoms with Crippen LogP contribution in [0.2, 0.25) is 0 Å². The van der Waals surface area contributed by atoms with Crippen molar-refractivity contribution in [1.82, 2.24) is 20.0 Å². The van der Waals surface area contributed by atoms with Gasteiger partial charge in [-0.25, -0.2) is 0 Å². The zero-order valence-corrected chi connectivity index (χ0v) is 14.2. The van der Waals surface area contributed by atoms with E-state index in [1.807, 2.05) is 0 Å². The largest absolute Gasteiger partial charge is 0.315 e. The summed E-state index contributed by atoms with van der Waals surface area (Å²) in [6.07, 6.45) is 1.21. The minimum absolute atomic E-state index is 0.320. The smallest absolute Gasteiger partial charge is 0.0385 e. The van der Waals surface area contributed by atoms with Gasteiger partial charge >= 0.3 is 0 Å². The number of rotatable bonds is 11. The molecule has 0 aromatic heterocycles. The van der Waals surface area contributed by atoms with E-state index in [1.165, 1.54) is 6.42 Å². The van der Waals surface area contributed by atoms with Gasteiger partial charge in [0, 0.05) is 26.2 Å². The fourth-order valence-corrected chi connectivity index (χ4v) is 2.27. The Kier molecular flexibility index (Phi) is 9.62. The highest BCUT2D eigenvalue weighted by Gasteiger charge is 2.17. The van der Waals surface area contributed by atoms with E-state index in [2.05, 4.69) is 75.6 Å². The lowest BCUT2D eigenvalue weighted by Gasteiger charge is -2.29. The summed E-state index contributed by atoms with van der Waals surface area (Å²) in [6, 6.07) is 0. The van der Waals surface area contributed by atoms with Gasteiger partial charge < -0.3 is 20.0 Å². The Morgan fingerprint density at radius 2 is 1.58 bits per heavy atom. The Balaban J connectivity index is 3.57. The van der Waals surface area contributed by atoms with Crippen molar-refractivity contribution >= 4 is 0 Å². The maximum Gasteiger partial charge on any atom is 0.0385 e. The van der Waals surface area contributed by atoms with Gasteiger partial charge in [-0.2, -0.15) is 0 Å². The lowest BCUT2D eigenvalue weighted by atomic mass is 9.93. The highest BCUT2D eigenvalue weighted by molar-refractivity contribution is 4.76. The molecule has 19 heavy (non-hydrogen) atoms. The summed E-state index contributed by atoms with van der Waals surface area (Å²) in [5.74, 6) is 0. The van der Waals surface area contributed by atoms with E-state index < -0.39 is 0 Å². The molecule has 0 saturated heterocycles. The van der Waals surface area contributed by atoms with Crippen molar-refractivity contribution in [3.63, 3.8) is 0 Å². The first-order valence-electron chi connectivity index (χ1n) is 7.27. The standard InChI is InChI=1S/C15H35N4/c1-15(2,14-18(5)6)13-16-9-12-19(7)11-8-10-17(3)4/h12,16H,8-11,13-14H2,1-7H3. The number of hydrogen-bond donors (Lipinski definition) is 1. The summed E-state index contributed by atoms with van der Waals surface area (Å²) in [5.41, 5.74) is 0.320. The molecule has 0 saturated carbocycles. The van der Waals surface area contributed by atoms with Gasteiger partial charge in [0.25, 0.3) is 0 Å². The minimum Gasteiger partial charge on any atom is -0.315 e. The van der Waals surface area contributed by atoms with Crippen LogP contribution in [-0.2, 0) is 0 Å². The molecule has 0 spiro atoms. The number of hydrogen-bond acceptors (Lipinski definition) is 4. The van der Waals surface area contributed by atoms with Crippen LogP contribution in [0.1, 0.15) is 20.3 Å². The average Bonchev–Trinajstić information content (AvgIpc) is 2.22. The first kappa shape index (κ1) is 18.8. The van der Waals surface area contributed by atoms with E-state index in [4.69, 9.17) is 0 Å². The maximum atomic E-state index is 3.53. The van der Waals surface area contributed by atoms with E-state index in [9.17, 15) is 0 Å². The van der Waals surface area contributed by atoms with Crippen LogP contribution in [0, 0.1) is 12.0 Å².